The molecule has 1 spiro atoms. The zero-order valence-electron chi connectivity index (χ0n) is 13.5. The number of thiophene rings is 1. The van der Waals surface area contributed by atoms with Gasteiger partial charge in [0.2, 0.25) is 0 Å². The SMILES string of the molecule is C1=C(c2ccc3sc4ccc5c6ccccc6oc5c4c3c2)C12CC2. The molecule has 0 amide bonds. The van der Waals surface area contributed by atoms with Crippen molar-refractivity contribution < 1.29 is 4.42 Å². The summed E-state index contributed by atoms with van der Waals surface area (Å²) in [5, 5.41) is 5.04. The van der Waals surface area contributed by atoms with Crippen molar-refractivity contribution in [2.45, 2.75) is 12.8 Å². The Hall–Kier alpha value is -2.58. The van der Waals surface area contributed by atoms with Gasteiger partial charge < -0.3 is 4.42 Å². The van der Waals surface area contributed by atoms with Gasteiger partial charge in [-0.25, -0.2) is 0 Å². The highest BCUT2D eigenvalue weighted by Crippen LogP contribution is 2.68. The Balaban J connectivity index is 1.62. The smallest absolute Gasteiger partial charge is 0.144 e. The Kier molecular flexibility index (Phi) is 2.02. The highest BCUT2D eigenvalue weighted by molar-refractivity contribution is 7.26. The summed E-state index contributed by atoms with van der Waals surface area (Å²) in [4.78, 5) is 0. The topological polar surface area (TPSA) is 13.1 Å². The van der Waals surface area contributed by atoms with Gasteiger partial charge in [0.05, 0.1) is 0 Å². The number of hydrogen-bond donors (Lipinski definition) is 0. The molecular weight excluding hydrogens is 324 g/mol. The van der Waals surface area contributed by atoms with Gasteiger partial charge in [0.1, 0.15) is 11.2 Å². The molecule has 7 rings (SSSR count). The molecule has 0 aliphatic heterocycles. The second-order valence-electron chi connectivity index (χ2n) is 7.44. The summed E-state index contributed by atoms with van der Waals surface area (Å²) in [6.07, 6.45) is 5.15. The minimum atomic E-state index is 0.494. The first-order valence-electron chi connectivity index (χ1n) is 8.83. The van der Waals surface area contributed by atoms with Crippen LogP contribution >= 0.6 is 11.3 Å². The Morgan fingerprint density at radius 1 is 0.840 bits per heavy atom. The largest absolute Gasteiger partial charge is 0.455 e. The number of furan rings is 1. The van der Waals surface area contributed by atoms with Crippen molar-refractivity contribution >= 4 is 59.0 Å². The van der Waals surface area contributed by atoms with Crippen molar-refractivity contribution in [2.75, 3.05) is 0 Å². The minimum absolute atomic E-state index is 0.494. The van der Waals surface area contributed by atoms with Crippen LogP contribution in [-0.4, -0.2) is 0 Å². The van der Waals surface area contributed by atoms with Crippen molar-refractivity contribution in [3.63, 3.8) is 0 Å². The van der Waals surface area contributed by atoms with Crippen LogP contribution in [-0.2, 0) is 0 Å². The molecule has 3 aromatic carbocycles. The molecule has 0 N–H and O–H groups in total. The standard InChI is InChI=1S/C23H14OS/c1-2-4-18-14(3-1)15-6-8-20-21(22(15)24-18)16-11-13(5-7-19(16)25-20)17-12-23(17)9-10-23/h1-8,11-12H,9-10H2. The fourth-order valence-electron chi connectivity index (χ4n) is 4.37. The lowest BCUT2D eigenvalue weighted by molar-refractivity contribution is 0.673. The molecule has 2 heteroatoms. The van der Waals surface area contributed by atoms with Crippen molar-refractivity contribution in [1.29, 1.82) is 0 Å². The van der Waals surface area contributed by atoms with Crippen LogP contribution in [0.25, 0.3) is 47.7 Å². The first kappa shape index (κ1) is 12.7. The van der Waals surface area contributed by atoms with Gasteiger partial charge in [-0.2, -0.15) is 0 Å². The molecule has 0 bridgehead atoms. The molecule has 0 unspecified atom stereocenters. The molecule has 1 fully saturated rings. The maximum atomic E-state index is 6.29. The molecule has 0 atom stereocenters. The van der Waals surface area contributed by atoms with Crippen molar-refractivity contribution in [2.24, 2.45) is 5.41 Å². The summed E-state index contributed by atoms with van der Waals surface area (Å²) in [5.41, 5.74) is 5.47. The summed E-state index contributed by atoms with van der Waals surface area (Å²) in [5.74, 6) is 0. The maximum absolute atomic E-state index is 6.29. The van der Waals surface area contributed by atoms with E-state index < -0.39 is 0 Å². The molecular formula is C23H14OS. The van der Waals surface area contributed by atoms with Crippen LogP contribution in [0.4, 0.5) is 0 Å². The van der Waals surface area contributed by atoms with Gasteiger partial charge in [0, 0.05) is 36.4 Å². The zero-order chi connectivity index (χ0) is 16.2. The summed E-state index contributed by atoms with van der Waals surface area (Å²) in [7, 11) is 0. The van der Waals surface area contributed by atoms with Crippen LogP contribution in [0.15, 0.2) is 65.1 Å². The van der Waals surface area contributed by atoms with E-state index in [0.717, 1.165) is 11.2 Å². The third-order valence-corrected chi connectivity index (χ3v) is 7.09. The predicted octanol–water partition coefficient (Wildman–Crippen LogP) is 7.13. The summed E-state index contributed by atoms with van der Waals surface area (Å²) >= 11 is 1.86. The average molecular weight is 338 g/mol. The fourth-order valence-corrected chi connectivity index (χ4v) is 5.46. The van der Waals surface area contributed by atoms with E-state index in [1.807, 2.05) is 17.4 Å². The molecule has 5 aromatic rings. The number of allylic oxidation sites excluding steroid dienone is 2. The van der Waals surface area contributed by atoms with Gasteiger partial charge in [0.15, 0.2) is 0 Å². The number of hydrogen-bond acceptors (Lipinski definition) is 2. The van der Waals surface area contributed by atoms with Crippen molar-refractivity contribution in [3.05, 3.63) is 66.2 Å². The van der Waals surface area contributed by atoms with Gasteiger partial charge in [-0.05, 0) is 54.3 Å². The Morgan fingerprint density at radius 3 is 2.60 bits per heavy atom. The second kappa shape index (κ2) is 3.97. The van der Waals surface area contributed by atoms with Crippen LogP contribution in [0.2, 0.25) is 0 Å². The van der Waals surface area contributed by atoms with Gasteiger partial charge in [-0.1, -0.05) is 30.3 Å². The van der Waals surface area contributed by atoms with Crippen LogP contribution < -0.4 is 0 Å². The molecule has 1 saturated carbocycles. The van der Waals surface area contributed by atoms with Crippen molar-refractivity contribution in [3.8, 4) is 0 Å². The highest BCUT2D eigenvalue weighted by Gasteiger charge is 2.54. The van der Waals surface area contributed by atoms with Crippen LogP contribution in [0.3, 0.4) is 0 Å². The van der Waals surface area contributed by atoms with E-state index in [9.17, 15) is 0 Å². The van der Waals surface area contributed by atoms with E-state index in [1.165, 1.54) is 49.3 Å². The first-order chi connectivity index (χ1) is 12.3. The quantitative estimate of drug-likeness (QED) is 0.317. The van der Waals surface area contributed by atoms with E-state index in [-0.39, 0.29) is 0 Å². The Morgan fingerprint density at radius 2 is 1.72 bits per heavy atom. The van der Waals surface area contributed by atoms with E-state index in [4.69, 9.17) is 4.42 Å². The van der Waals surface area contributed by atoms with E-state index in [2.05, 4.69) is 54.6 Å². The van der Waals surface area contributed by atoms with Gasteiger partial charge in [-0.15, -0.1) is 11.3 Å². The maximum Gasteiger partial charge on any atom is 0.144 e. The van der Waals surface area contributed by atoms with Crippen LogP contribution in [0, 0.1) is 5.41 Å². The number of rotatable bonds is 1. The van der Waals surface area contributed by atoms with Crippen LogP contribution in [0.5, 0.6) is 0 Å². The molecule has 118 valence electrons. The Labute approximate surface area is 148 Å². The average Bonchev–Trinajstić information content (AvgIpc) is 3.49. The monoisotopic (exact) mass is 338 g/mol. The van der Waals surface area contributed by atoms with Crippen molar-refractivity contribution in [1.82, 2.24) is 0 Å². The lowest BCUT2D eigenvalue weighted by atomic mass is 10.0. The van der Waals surface area contributed by atoms with Gasteiger partial charge >= 0.3 is 0 Å². The summed E-state index contributed by atoms with van der Waals surface area (Å²) in [6, 6.07) is 19.8. The summed E-state index contributed by atoms with van der Waals surface area (Å²) in [6.45, 7) is 0. The van der Waals surface area contributed by atoms with E-state index in [0.29, 0.717) is 5.41 Å². The minimum Gasteiger partial charge on any atom is -0.455 e. The molecule has 2 aliphatic rings. The molecule has 2 aromatic heterocycles. The zero-order valence-corrected chi connectivity index (χ0v) is 14.3. The number of para-hydroxylation sites is 1. The first-order valence-corrected chi connectivity index (χ1v) is 9.64. The molecule has 2 heterocycles. The Bertz CT molecular complexity index is 1390. The fraction of sp³-hybridized carbons (Fsp3) is 0.130. The molecule has 2 aliphatic carbocycles. The lowest BCUT2D eigenvalue weighted by Gasteiger charge is -1.99. The van der Waals surface area contributed by atoms with Gasteiger partial charge in [-0.3, -0.25) is 0 Å². The number of fused-ring (bicyclic) bond motifs is 7. The van der Waals surface area contributed by atoms with Gasteiger partial charge in [0.25, 0.3) is 0 Å². The predicted molar refractivity (Wildman–Crippen MR) is 106 cm³/mol. The van der Waals surface area contributed by atoms with E-state index >= 15 is 0 Å². The molecule has 25 heavy (non-hydrogen) atoms. The highest BCUT2D eigenvalue weighted by atomic mass is 32.1. The number of benzene rings is 3. The molecule has 0 radical (unpaired) electrons. The second-order valence-corrected chi connectivity index (χ2v) is 8.52. The van der Waals surface area contributed by atoms with Crippen LogP contribution in [0.1, 0.15) is 18.4 Å². The molecule has 1 nitrogen and oxygen atoms in total. The summed E-state index contributed by atoms with van der Waals surface area (Å²) < 4.78 is 8.95. The third-order valence-electron chi connectivity index (χ3n) is 5.95. The third kappa shape index (κ3) is 1.54. The molecule has 0 saturated heterocycles. The normalized spacial score (nSPS) is 17.8. The lowest BCUT2D eigenvalue weighted by Crippen LogP contribution is -1.79. The van der Waals surface area contributed by atoms with E-state index in [1.54, 1.807) is 5.57 Å².